The second-order valence-electron chi connectivity index (χ2n) is 6.84. The number of hydrogen-bond acceptors (Lipinski definition) is 3. The molecule has 3 aromatic rings. The minimum atomic E-state index is 0.663. The molecule has 2 aromatic carbocycles. The highest BCUT2D eigenvalue weighted by Gasteiger charge is 2.20. The second kappa shape index (κ2) is 7.59. The van der Waals surface area contributed by atoms with E-state index in [4.69, 9.17) is 4.98 Å². The van der Waals surface area contributed by atoms with E-state index in [9.17, 15) is 0 Å². The molecule has 0 N–H and O–H groups in total. The maximum absolute atomic E-state index is 5.01. The van der Waals surface area contributed by atoms with Gasteiger partial charge in [0.2, 0.25) is 0 Å². The van der Waals surface area contributed by atoms with Crippen LogP contribution < -0.4 is 0 Å². The third kappa shape index (κ3) is 3.73. The fraction of sp³-hybridized carbons (Fsp3) is 0.318. The molecule has 1 aromatic heterocycles. The first-order valence-electron chi connectivity index (χ1n) is 9.09. The summed E-state index contributed by atoms with van der Waals surface area (Å²) in [4.78, 5) is 7.52. The normalized spacial score (nSPS) is 18.5. The van der Waals surface area contributed by atoms with Crippen molar-refractivity contribution in [1.82, 2.24) is 9.88 Å². The maximum atomic E-state index is 5.01. The number of likely N-dealkylation sites (tertiary alicyclic amines) is 1. The largest absolute Gasteiger partial charge is 0.303 e. The van der Waals surface area contributed by atoms with Gasteiger partial charge in [0.15, 0.2) is 0 Å². The van der Waals surface area contributed by atoms with Crippen molar-refractivity contribution >= 4 is 22.7 Å². The van der Waals surface area contributed by atoms with Gasteiger partial charge in [-0.3, -0.25) is 0 Å². The first kappa shape index (κ1) is 16.6. The van der Waals surface area contributed by atoms with Crippen LogP contribution in [0.5, 0.6) is 0 Å². The van der Waals surface area contributed by atoms with Gasteiger partial charge in [-0.2, -0.15) is 0 Å². The minimum Gasteiger partial charge on any atom is -0.303 e. The lowest BCUT2D eigenvalue weighted by atomic mass is 10.0. The molecular weight excluding hydrogens is 324 g/mol. The van der Waals surface area contributed by atoms with Crippen LogP contribution >= 0.6 is 11.8 Å². The molecule has 128 valence electrons. The van der Waals surface area contributed by atoms with Gasteiger partial charge in [-0.25, -0.2) is 4.98 Å². The number of hydrogen-bond donors (Lipinski definition) is 0. The molecule has 4 rings (SSSR count). The fourth-order valence-corrected chi connectivity index (χ4v) is 4.83. The van der Waals surface area contributed by atoms with E-state index in [1.807, 2.05) is 11.8 Å². The summed E-state index contributed by atoms with van der Waals surface area (Å²) in [5, 5.41) is 2.37. The van der Waals surface area contributed by atoms with Crippen LogP contribution in [0.3, 0.4) is 0 Å². The molecule has 2 heterocycles. The van der Waals surface area contributed by atoms with Gasteiger partial charge in [0, 0.05) is 22.7 Å². The number of thioether (sulfide) groups is 1. The van der Waals surface area contributed by atoms with Crippen molar-refractivity contribution in [2.24, 2.45) is 0 Å². The van der Waals surface area contributed by atoms with Gasteiger partial charge >= 0.3 is 0 Å². The lowest BCUT2D eigenvalue weighted by molar-refractivity contribution is 0.204. The Morgan fingerprint density at radius 2 is 1.84 bits per heavy atom. The average molecular weight is 349 g/mol. The Hall–Kier alpha value is -1.84. The van der Waals surface area contributed by atoms with E-state index in [0.29, 0.717) is 6.04 Å². The Morgan fingerprint density at radius 3 is 2.68 bits per heavy atom. The highest BCUT2D eigenvalue weighted by Crippen LogP contribution is 2.34. The van der Waals surface area contributed by atoms with Gasteiger partial charge in [0.1, 0.15) is 5.03 Å². The monoisotopic (exact) mass is 348 g/mol. The molecule has 2 nitrogen and oxygen atoms in total. The molecule has 25 heavy (non-hydrogen) atoms. The van der Waals surface area contributed by atoms with E-state index in [1.54, 1.807) is 0 Å². The SMILES string of the molecule is CN1CCCCC1CSc1nc2ccccc2cc1-c1ccccc1. The van der Waals surface area contributed by atoms with Gasteiger partial charge in [0.05, 0.1) is 5.52 Å². The van der Waals surface area contributed by atoms with E-state index >= 15 is 0 Å². The Kier molecular flexibility index (Phi) is 5.04. The molecule has 0 amide bonds. The number of piperidine rings is 1. The standard InChI is InChI=1S/C22H24N2S/c1-24-14-8-7-12-19(24)16-25-22-20(17-9-3-2-4-10-17)15-18-11-5-6-13-21(18)23-22/h2-6,9-11,13,15,19H,7-8,12,14,16H2,1H3. The van der Waals surface area contributed by atoms with Crippen molar-refractivity contribution in [2.75, 3.05) is 19.3 Å². The molecule has 1 fully saturated rings. The zero-order valence-corrected chi connectivity index (χ0v) is 15.5. The third-order valence-corrected chi connectivity index (χ3v) is 6.24. The van der Waals surface area contributed by atoms with Crippen molar-refractivity contribution in [1.29, 1.82) is 0 Å². The molecule has 0 aliphatic carbocycles. The Morgan fingerprint density at radius 1 is 1.04 bits per heavy atom. The van der Waals surface area contributed by atoms with Crippen molar-refractivity contribution in [2.45, 2.75) is 30.3 Å². The Balaban J connectivity index is 1.68. The van der Waals surface area contributed by atoms with Gasteiger partial charge < -0.3 is 4.90 Å². The fourth-order valence-electron chi connectivity index (χ4n) is 3.56. The quantitative estimate of drug-likeness (QED) is 0.581. The number of rotatable bonds is 4. The van der Waals surface area contributed by atoms with Crippen LogP contribution in [0, 0.1) is 0 Å². The number of fused-ring (bicyclic) bond motifs is 1. The van der Waals surface area contributed by atoms with Gasteiger partial charge in [-0.1, -0.05) is 55.0 Å². The molecule has 0 saturated carbocycles. The Labute approximate surface area is 154 Å². The maximum Gasteiger partial charge on any atom is 0.105 e. The summed E-state index contributed by atoms with van der Waals surface area (Å²) in [6, 6.07) is 22.0. The second-order valence-corrected chi connectivity index (χ2v) is 7.85. The summed E-state index contributed by atoms with van der Waals surface area (Å²) in [5.74, 6) is 1.11. The molecule has 1 saturated heterocycles. The highest BCUT2D eigenvalue weighted by molar-refractivity contribution is 7.99. The smallest absolute Gasteiger partial charge is 0.105 e. The number of para-hydroxylation sites is 1. The van der Waals surface area contributed by atoms with E-state index < -0.39 is 0 Å². The first-order chi connectivity index (χ1) is 12.3. The predicted molar refractivity (Wildman–Crippen MR) is 108 cm³/mol. The van der Waals surface area contributed by atoms with Crippen molar-refractivity contribution < 1.29 is 0 Å². The molecule has 1 unspecified atom stereocenters. The van der Waals surface area contributed by atoms with Crippen molar-refractivity contribution in [3.05, 3.63) is 60.7 Å². The summed E-state index contributed by atoms with van der Waals surface area (Å²) in [6.07, 6.45) is 3.99. The van der Waals surface area contributed by atoms with Crippen LogP contribution in [0.1, 0.15) is 19.3 Å². The lowest BCUT2D eigenvalue weighted by Gasteiger charge is -2.32. The molecule has 1 aliphatic rings. The van der Waals surface area contributed by atoms with Gasteiger partial charge in [0.25, 0.3) is 0 Å². The van der Waals surface area contributed by atoms with E-state index in [2.05, 4.69) is 72.6 Å². The summed E-state index contributed by atoms with van der Waals surface area (Å²) >= 11 is 1.91. The summed E-state index contributed by atoms with van der Waals surface area (Å²) in [7, 11) is 2.26. The first-order valence-corrected chi connectivity index (χ1v) is 10.1. The third-order valence-electron chi connectivity index (χ3n) is 5.11. The average Bonchev–Trinajstić information content (AvgIpc) is 2.67. The molecule has 0 spiro atoms. The molecule has 1 aliphatic heterocycles. The van der Waals surface area contributed by atoms with Crippen LogP contribution in [0.2, 0.25) is 0 Å². The molecule has 0 radical (unpaired) electrons. The molecule has 1 atom stereocenters. The van der Waals surface area contributed by atoms with E-state index in [-0.39, 0.29) is 0 Å². The summed E-state index contributed by atoms with van der Waals surface area (Å²) < 4.78 is 0. The number of aromatic nitrogens is 1. The summed E-state index contributed by atoms with van der Waals surface area (Å²) in [6.45, 7) is 1.22. The molecule has 0 bridgehead atoms. The topological polar surface area (TPSA) is 16.1 Å². The highest BCUT2D eigenvalue weighted by atomic mass is 32.2. The predicted octanol–water partition coefficient (Wildman–Crippen LogP) is 5.48. The van der Waals surface area contributed by atoms with Crippen molar-refractivity contribution in [3.63, 3.8) is 0 Å². The van der Waals surface area contributed by atoms with Crippen LogP contribution in [0.25, 0.3) is 22.0 Å². The van der Waals surface area contributed by atoms with Crippen LogP contribution in [0.15, 0.2) is 65.7 Å². The molecular formula is C22H24N2S. The summed E-state index contributed by atoms with van der Waals surface area (Å²) in [5.41, 5.74) is 3.59. The Bertz CT molecular complexity index is 847. The minimum absolute atomic E-state index is 0.663. The van der Waals surface area contributed by atoms with Gasteiger partial charge in [-0.15, -0.1) is 11.8 Å². The van der Waals surface area contributed by atoms with E-state index in [0.717, 1.165) is 16.3 Å². The number of nitrogens with zero attached hydrogens (tertiary/aromatic N) is 2. The number of pyridine rings is 1. The van der Waals surface area contributed by atoms with Crippen LogP contribution in [-0.4, -0.2) is 35.3 Å². The van der Waals surface area contributed by atoms with Gasteiger partial charge in [-0.05, 0) is 44.1 Å². The van der Waals surface area contributed by atoms with Crippen LogP contribution in [-0.2, 0) is 0 Å². The van der Waals surface area contributed by atoms with Crippen molar-refractivity contribution in [3.8, 4) is 11.1 Å². The lowest BCUT2D eigenvalue weighted by Crippen LogP contribution is -2.37. The zero-order chi connectivity index (χ0) is 17.1. The van der Waals surface area contributed by atoms with E-state index in [1.165, 1.54) is 42.3 Å². The number of benzene rings is 2. The molecule has 3 heteroatoms. The zero-order valence-electron chi connectivity index (χ0n) is 14.7. The van der Waals surface area contributed by atoms with Crippen LogP contribution in [0.4, 0.5) is 0 Å².